The lowest BCUT2D eigenvalue weighted by Gasteiger charge is -2.28. The average molecular weight is 635 g/mol. The molecule has 46 heavy (non-hydrogen) atoms. The Hall–Kier alpha value is -4.16. The number of ether oxygens (including phenoxy) is 2. The third kappa shape index (κ3) is 8.55. The van der Waals surface area contributed by atoms with Crippen molar-refractivity contribution < 1.29 is 28.7 Å². The van der Waals surface area contributed by atoms with E-state index < -0.39 is 11.0 Å². The number of amides is 3. The Bertz CT molecular complexity index is 1610. The summed E-state index contributed by atoms with van der Waals surface area (Å²) in [5, 5.41) is 3.86. The van der Waals surface area contributed by atoms with Gasteiger partial charge in [0.1, 0.15) is 23.7 Å². The summed E-state index contributed by atoms with van der Waals surface area (Å²) in [6, 6.07) is 7.81. The zero-order chi connectivity index (χ0) is 33.5. The molecule has 0 fully saturated rings. The lowest BCUT2D eigenvalue weighted by molar-refractivity contribution is -0.137. The number of unbranched alkanes of at least 4 members (excludes halogenated alkanes) is 2. The molecule has 0 saturated carbocycles. The number of hydrogen-bond acceptors (Lipinski definition) is 9. The Balaban J connectivity index is 1.26. The number of nitrogens with zero attached hydrogens (tertiary/aromatic N) is 4. The van der Waals surface area contributed by atoms with Gasteiger partial charge in [-0.25, -0.2) is 9.97 Å². The van der Waals surface area contributed by atoms with Crippen LogP contribution in [-0.4, -0.2) is 74.8 Å². The van der Waals surface area contributed by atoms with Crippen molar-refractivity contribution in [3.63, 3.8) is 0 Å². The Labute approximate surface area is 269 Å². The lowest BCUT2D eigenvalue weighted by atomic mass is 9.85. The summed E-state index contributed by atoms with van der Waals surface area (Å²) in [5.74, 6) is 0.295. The van der Waals surface area contributed by atoms with Gasteiger partial charge in [0.15, 0.2) is 5.82 Å². The topological polar surface area (TPSA) is 159 Å². The smallest absolute Gasteiger partial charge is 0.253 e. The van der Waals surface area contributed by atoms with E-state index in [2.05, 4.69) is 14.9 Å². The summed E-state index contributed by atoms with van der Waals surface area (Å²) in [4.78, 5) is 59.4. The molecule has 3 heterocycles. The predicted molar refractivity (Wildman–Crippen MR) is 176 cm³/mol. The van der Waals surface area contributed by atoms with Crippen LogP contribution in [0.1, 0.15) is 72.5 Å². The number of para-hydroxylation sites is 1. The van der Waals surface area contributed by atoms with Crippen molar-refractivity contribution >= 4 is 51.3 Å². The van der Waals surface area contributed by atoms with E-state index in [-0.39, 0.29) is 36.5 Å². The number of Topliss-reactive ketones (excluding diaryl/α,β-unsaturated/α-hetero) is 1. The molecule has 0 radical (unpaired) electrons. The molecule has 12 heteroatoms. The summed E-state index contributed by atoms with van der Waals surface area (Å²) in [6.07, 6.45) is 5.00. The second kappa shape index (κ2) is 15.0. The second-order valence-corrected chi connectivity index (χ2v) is 12.9. The first-order chi connectivity index (χ1) is 21.8. The molecule has 1 aromatic carbocycles. The highest BCUT2D eigenvalue weighted by Gasteiger charge is 2.31. The molecule has 3 N–H and O–H groups in total. The van der Waals surface area contributed by atoms with Crippen LogP contribution in [-0.2, 0) is 41.8 Å². The van der Waals surface area contributed by atoms with Crippen molar-refractivity contribution in [3.05, 3.63) is 42.2 Å². The van der Waals surface area contributed by atoms with E-state index in [0.717, 1.165) is 22.2 Å². The average Bonchev–Trinajstić information content (AvgIpc) is 3.52. The number of hydrogen-bond donors (Lipinski definition) is 2. The number of carbonyl (C=O) groups is 4. The van der Waals surface area contributed by atoms with Crippen LogP contribution < -0.4 is 11.1 Å². The second-order valence-electron chi connectivity index (χ2n) is 12.9. The molecule has 248 valence electrons. The fourth-order valence-corrected chi connectivity index (χ4v) is 5.62. The van der Waals surface area contributed by atoms with Crippen LogP contribution >= 0.6 is 0 Å². The Morgan fingerprint density at radius 1 is 1.00 bits per heavy atom. The van der Waals surface area contributed by atoms with Gasteiger partial charge in [0.2, 0.25) is 5.91 Å². The quantitative estimate of drug-likeness (QED) is 0.155. The summed E-state index contributed by atoms with van der Waals surface area (Å²) >= 11 is 0. The van der Waals surface area contributed by atoms with Gasteiger partial charge in [0, 0.05) is 50.1 Å². The summed E-state index contributed by atoms with van der Waals surface area (Å²) in [7, 11) is 0. The first-order valence-corrected chi connectivity index (χ1v) is 15.9. The normalized spacial score (nSPS) is 13.8. The maximum Gasteiger partial charge on any atom is 0.253 e. The van der Waals surface area contributed by atoms with Gasteiger partial charge in [0.25, 0.3) is 11.8 Å². The fraction of sp³-hybridized carbons (Fsp3) is 0.529. The van der Waals surface area contributed by atoms with E-state index in [0.29, 0.717) is 69.9 Å². The van der Waals surface area contributed by atoms with Gasteiger partial charge in [-0.15, -0.1) is 0 Å². The van der Waals surface area contributed by atoms with E-state index in [4.69, 9.17) is 20.2 Å². The number of benzene rings is 1. The van der Waals surface area contributed by atoms with Crippen molar-refractivity contribution in [2.75, 3.05) is 32.0 Å². The number of pyridine rings is 1. The number of fused-ring (bicyclic) bond motifs is 3. The fourth-order valence-electron chi connectivity index (χ4n) is 5.62. The van der Waals surface area contributed by atoms with Crippen LogP contribution in [0, 0.1) is 5.41 Å². The highest BCUT2D eigenvalue weighted by molar-refractivity contribution is 6.12. The number of carbonyl (C=O) groups excluding carboxylic acids is 4. The summed E-state index contributed by atoms with van der Waals surface area (Å²) < 4.78 is 14.1. The SMILES string of the molecule is CCOCc1nc2c(N)nc3ccccc3c2n1CC(C)(C)OCCNC(=O)C(C)(C)CC(=O)CCCCCN1C(=O)C=CC1=O. The van der Waals surface area contributed by atoms with Crippen molar-refractivity contribution in [1.82, 2.24) is 24.8 Å². The minimum atomic E-state index is -0.869. The van der Waals surface area contributed by atoms with Crippen LogP contribution in [0.25, 0.3) is 21.9 Å². The van der Waals surface area contributed by atoms with Gasteiger partial charge < -0.3 is 25.1 Å². The van der Waals surface area contributed by atoms with Crippen LogP contribution in [0.5, 0.6) is 0 Å². The monoisotopic (exact) mass is 634 g/mol. The van der Waals surface area contributed by atoms with Crippen LogP contribution in [0.2, 0.25) is 0 Å². The van der Waals surface area contributed by atoms with Crippen LogP contribution in [0.15, 0.2) is 36.4 Å². The highest BCUT2D eigenvalue weighted by Crippen LogP contribution is 2.31. The Morgan fingerprint density at radius 3 is 2.43 bits per heavy atom. The van der Waals surface area contributed by atoms with E-state index in [1.165, 1.54) is 17.1 Å². The molecular formula is C34H46N6O6. The minimum Gasteiger partial charge on any atom is -0.382 e. The zero-order valence-electron chi connectivity index (χ0n) is 27.6. The Morgan fingerprint density at radius 2 is 1.72 bits per heavy atom. The molecule has 2 aromatic heterocycles. The van der Waals surface area contributed by atoms with Crippen molar-refractivity contribution in [1.29, 1.82) is 0 Å². The van der Waals surface area contributed by atoms with E-state index >= 15 is 0 Å². The van der Waals surface area contributed by atoms with Gasteiger partial charge in [-0.1, -0.05) is 38.5 Å². The predicted octanol–water partition coefficient (Wildman–Crippen LogP) is 4.09. The van der Waals surface area contributed by atoms with Crippen LogP contribution in [0.3, 0.4) is 0 Å². The number of nitrogens with one attached hydrogen (secondary N) is 1. The van der Waals surface area contributed by atoms with Crippen molar-refractivity contribution in [2.24, 2.45) is 5.41 Å². The number of rotatable bonds is 18. The molecule has 0 spiro atoms. The number of nitrogens with two attached hydrogens (primary N) is 1. The van der Waals surface area contributed by atoms with Gasteiger partial charge in [-0.2, -0.15) is 0 Å². The molecule has 0 unspecified atom stereocenters. The van der Waals surface area contributed by atoms with Gasteiger partial charge in [-0.3, -0.25) is 24.1 Å². The largest absolute Gasteiger partial charge is 0.382 e. The molecule has 3 amide bonds. The highest BCUT2D eigenvalue weighted by atomic mass is 16.5. The maximum atomic E-state index is 13.0. The molecule has 0 aliphatic carbocycles. The van der Waals surface area contributed by atoms with E-state index in [1.807, 2.05) is 45.0 Å². The summed E-state index contributed by atoms with van der Waals surface area (Å²) in [6.45, 7) is 11.7. The molecule has 1 aliphatic rings. The molecule has 0 bridgehead atoms. The number of anilines is 1. The number of aromatic nitrogens is 3. The Kier molecular flexibility index (Phi) is 11.3. The molecule has 0 saturated heterocycles. The van der Waals surface area contributed by atoms with E-state index in [9.17, 15) is 19.2 Å². The van der Waals surface area contributed by atoms with Gasteiger partial charge >= 0.3 is 0 Å². The molecule has 4 rings (SSSR count). The van der Waals surface area contributed by atoms with Gasteiger partial charge in [0.05, 0.1) is 35.2 Å². The molecule has 0 atom stereocenters. The zero-order valence-corrected chi connectivity index (χ0v) is 27.6. The van der Waals surface area contributed by atoms with Crippen LogP contribution in [0.4, 0.5) is 5.82 Å². The number of imide groups is 1. The molecular weight excluding hydrogens is 588 g/mol. The molecule has 12 nitrogen and oxygen atoms in total. The van der Waals surface area contributed by atoms with Crippen molar-refractivity contribution in [2.45, 2.75) is 85.5 Å². The molecule has 1 aliphatic heterocycles. The summed E-state index contributed by atoms with van der Waals surface area (Å²) in [5.41, 5.74) is 7.10. The maximum absolute atomic E-state index is 13.0. The third-order valence-electron chi connectivity index (χ3n) is 8.04. The number of nitrogen functional groups attached to an aromatic ring is 1. The first-order valence-electron chi connectivity index (χ1n) is 15.9. The first kappa shape index (κ1) is 34.7. The number of ketones is 1. The molecule has 3 aromatic rings. The van der Waals surface area contributed by atoms with Crippen molar-refractivity contribution in [3.8, 4) is 0 Å². The van der Waals surface area contributed by atoms with E-state index in [1.54, 1.807) is 13.8 Å². The standard InChI is InChI=1S/C34H46N6O6/c1-6-45-21-26-38-29-30(24-13-9-10-14-25(24)37-31(29)35)40(26)22-34(4,5)46-19-17-36-32(44)33(2,3)20-23(41)12-8-7-11-18-39-27(42)15-16-28(39)43/h9-10,13-16H,6-8,11-12,17-22H2,1-5H3,(H2,35,37)(H,36,44). The lowest BCUT2D eigenvalue weighted by Crippen LogP contribution is -2.41. The van der Waals surface area contributed by atoms with Gasteiger partial charge in [-0.05, 0) is 39.7 Å². The third-order valence-corrected chi connectivity index (χ3v) is 8.04. The minimum absolute atomic E-state index is 0.00583. The number of imidazole rings is 1.